The van der Waals surface area contributed by atoms with E-state index in [-0.39, 0.29) is 5.91 Å². The van der Waals surface area contributed by atoms with E-state index in [4.69, 9.17) is 0 Å². The van der Waals surface area contributed by atoms with Gasteiger partial charge in [-0.3, -0.25) is 4.79 Å². The highest BCUT2D eigenvalue weighted by molar-refractivity contribution is 5.84. The Morgan fingerprint density at radius 2 is 2.57 bits per heavy atom. The first-order valence-electron chi connectivity index (χ1n) is 2.65. The quantitative estimate of drug-likeness (QED) is 0.444. The average Bonchev–Trinajstić information content (AvgIpc) is 2.33. The van der Waals surface area contributed by atoms with E-state index < -0.39 is 0 Å². The molecule has 0 aromatic heterocycles. The van der Waals surface area contributed by atoms with Gasteiger partial charge in [0.2, 0.25) is 5.91 Å². The number of nitrogens with one attached hydrogen (secondary N) is 1. The van der Waals surface area contributed by atoms with Gasteiger partial charge < -0.3 is 5.32 Å². The van der Waals surface area contributed by atoms with Crippen molar-refractivity contribution >= 4 is 5.91 Å². The van der Waals surface area contributed by atoms with Crippen molar-refractivity contribution in [3.8, 4) is 0 Å². The Bertz CT molecular complexity index is 121. The average molecular weight is 97.1 g/mol. The van der Waals surface area contributed by atoms with E-state index in [1.165, 1.54) is 0 Å². The van der Waals surface area contributed by atoms with Crippen molar-refractivity contribution in [2.45, 2.75) is 6.42 Å². The third kappa shape index (κ3) is 0.315. The second-order valence-corrected chi connectivity index (χ2v) is 2.35. The predicted octanol–water partition coefficient (Wildman–Crippen LogP) is -0.248. The molecule has 1 saturated carbocycles. The lowest BCUT2D eigenvalue weighted by Crippen LogP contribution is -2.18. The molecule has 38 valence electrons. The van der Waals surface area contributed by atoms with E-state index in [0.717, 1.165) is 18.9 Å². The normalized spacial score (nSPS) is 45.4. The first-order chi connectivity index (χ1) is 3.38. The predicted molar refractivity (Wildman–Crippen MR) is 24.6 cm³/mol. The molecule has 1 saturated heterocycles. The fourth-order valence-corrected chi connectivity index (χ4v) is 1.16. The van der Waals surface area contributed by atoms with Crippen molar-refractivity contribution in [2.24, 2.45) is 11.8 Å². The summed E-state index contributed by atoms with van der Waals surface area (Å²) in [7, 11) is 0. The van der Waals surface area contributed by atoms with Gasteiger partial charge in [-0.1, -0.05) is 0 Å². The number of hydrogen-bond donors (Lipinski definition) is 1. The van der Waals surface area contributed by atoms with Gasteiger partial charge in [0.25, 0.3) is 0 Å². The van der Waals surface area contributed by atoms with Crippen LogP contribution in [0, 0.1) is 11.8 Å². The molecular formula is C5H7NO. The zero-order valence-electron chi connectivity index (χ0n) is 3.98. The van der Waals surface area contributed by atoms with Crippen molar-refractivity contribution in [3.63, 3.8) is 0 Å². The van der Waals surface area contributed by atoms with Gasteiger partial charge in [0.15, 0.2) is 0 Å². The zero-order valence-corrected chi connectivity index (χ0v) is 3.98. The van der Waals surface area contributed by atoms with Crippen LogP contribution in [0.2, 0.25) is 0 Å². The highest BCUT2D eigenvalue weighted by Gasteiger charge is 2.47. The largest absolute Gasteiger partial charge is 0.356 e. The lowest BCUT2D eigenvalue weighted by molar-refractivity contribution is -0.120. The Balaban J connectivity index is 2.21. The smallest absolute Gasteiger partial charge is 0.223 e. The number of fused-ring (bicyclic) bond motifs is 1. The minimum Gasteiger partial charge on any atom is -0.356 e. The van der Waals surface area contributed by atoms with Gasteiger partial charge in [0.05, 0.1) is 0 Å². The van der Waals surface area contributed by atoms with Crippen LogP contribution >= 0.6 is 0 Å². The first-order valence-corrected chi connectivity index (χ1v) is 2.65. The number of piperidine rings is 1. The van der Waals surface area contributed by atoms with Crippen molar-refractivity contribution in [3.05, 3.63) is 0 Å². The van der Waals surface area contributed by atoms with Gasteiger partial charge in [-0.2, -0.15) is 0 Å². The molecule has 1 aliphatic carbocycles. The molecule has 7 heavy (non-hydrogen) atoms. The van der Waals surface area contributed by atoms with Crippen LogP contribution in [0.5, 0.6) is 0 Å². The molecule has 0 radical (unpaired) electrons. The summed E-state index contributed by atoms with van der Waals surface area (Å²) in [5.41, 5.74) is 0. The molecule has 1 N–H and O–H groups in total. The van der Waals surface area contributed by atoms with E-state index in [9.17, 15) is 4.79 Å². The van der Waals surface area contributed by atoms with Crippen LogP contribution < -0.4 is 5.32 Å². The van der Waals surface area contributed by atoms with Gasteiger partial charge in [-0.25, -0.2) is 0 Å². The van der Waals surface area contributed by atoms with Gasteiger partial charge in [0.1, 0.15) is 0 Å². The molecule has 0 aromatic rings. The zero-order chi connectivity index (χ0) is 4.85. The van der Waals surface area contributed by atoms with Crippen LogP contribution in [0.1, 0.15) is 6.42 Å². The van der Waals surface area contributed by atoms with E-state index in [1.54, 1.807) is 0 Å². The first kappa shape index (κ1) is 3.47. The summed E-state index contributed by atoms with van der Waals surface area (Å²) < 4.78 is 0. The number of carbonyl (C=O) groups excluding carboxylic acids is 1. The van der Waals surface area contributed by atoms with Crippen molar-refractivity contribution in [1.29, 1.82) is 0 Å². The summed E-state index contributed by atoms with van der Waals surface area (Å²) in [6.45, 7) is 0.948. The SMILES string of the molecule is O=C1NCC2C[C@@H]12. The van der Waals surface area contributed by atoms with E-state index in [0.29, 0.717) is 5.92 Å². The van der Waals surface area contributed by atoms with E-state index in [1.807, 2.05) is 0 Å². The molecule has 0 aromatic carbocycles. The fourth-order valence-electron chi connectivity index (χ4n) is 1.16. The summed E-state index contributed by atoms with van der Waals surface area (Å²) >= 11 is 0. The Morgan fingerprint density at radius 3 is 2.71 bits per heavy atom. The van der Waals surface area contributed by atoms with Crippen LogP contribution in [-0.4, -0.2) is 12.5 Å². The van der Waals surface area contributed by atoms with Gasteiger partial charge in [-0.05, 0) is 12.3 Å². The monoisotopic (exact) mass is 97.1 g/mol. The van der Waals surface area contributed by atoms with Gasteiger partial charge >= 0.3 is 0 Å². The molecular weight excluding hydrogens is 90.1 g/mol. The molecule has 0 bridgehead atoms. The standard InChI is InChI=1S/C5H7NO/c7-5-4-1-3(4)2-6-5/h3-4H,1-2H2,(H,6,7)/t3?,4-/m1/s1. The third-order valence-electron chi connectivity index (χ3n) is 1.80. The summed E-state index contributed by atoms with van der Waals surface area (Å²) in [4.78, 5) is 10.5. The van der Waals surface area contributed by atoms with Gasteiger partial charge in [-0.15, -0.1) is 0 Å². The van der Waals surface area contributed by atoms with Crippen LogP contribution in [0.15, 0.2) is 0 Å². The molecule has 2 fully saturated rings. The topological polar surface area (TPSA) is 29.1 Å². The van der Waals surface area contributed by atoms with Gasteiger partial charge in [0, 0.05) is 12.5 Å². The molecule has 1 amide bonds. The maximum atomic E-state index is 10.5. The van der Waals surface area contributed by atoms with E-state index >= 15 is 0 Å². The second kappa shape index (κ2) is 0.831. The van der Waals surface area contributed by atoms with Crippen molar-refractivity contribution in [2.75, 3.05) is 6.54 Å². The molecule has 2 atom stereocenters. The Kier molecular flexibility index (Phi) is 0.412. The van der Waals surface area contributed by atoms with Crippen LogP contribution in [0.25, 0.3) is 0 Å². The van der Waals surface area contributed by atoms with Crippen LogP contribution in [-0.2, 0) is 4.79 Å². The van der Waals surface area contributed by atoms with Crippen LogP contribution in [0.3, 0.4) is 0 Å². The highest BCUT2D eigenvalue weighted by Crippen LogP contribution is 2.41. The maximum Gasteiger partial charge on any atom is 0.223 e. The summed E-state index contributed by atoms with van der Waals surface area (Å²) in [5.74, 6) is 1.44. The molecule has 2 aliphatic rings. The molecule has 0 spiro atoms. The highest BCUT2D eigenvalue weighted by atomic mass is 16.2. The molecule has 2 rings (SSSR count). The minimum atomic E-state index is 0.282. The molecule has 1 unspecified atom stereocenters. The third-order valence-corrected chi connectivity index (χ3v) is 1.80. The van der Waals surface area contributed by atoms with E-state index in [2.05, 4.69) is 5.32 Å². The summed E-state index contributed by atoms with van der Waals surface area (Å²) in [5, 5.41) is 2.78. The maximum absolute atomic E-state index is 10.5. The molecule has 2 nitrogen and oxygen atoms in total. The van der Waals surface area contributed by atoms with Crippen molar-refractivity contribution in [1.82, 2.24) is 5.32 Å². The molecule has 1 aliphatic heterocycles. The fraction of sp³-hybridized carbons (Fsp3) is 0.800. The number of rotatable bonds is 0. The summed E-state index contributed by atoms with van der Waals surface area (Å²) in [6, 6.07) is 0. The molecule has 2 heteroatoms. The lowest BCUT2D eigenvalue weighted by Gasteiger charge is -1.89. The van der Waals surface area contributed by atoms with Crippen molar-refractivity contribution < 1.29 is 4.79 Å². The number of hydrogen-bond acceptors (Lipinski definition) is 1. The second-order valence-electron chi connectivity index (χ2n) is 2.35. The number of carbonyl (C=O) groups is 1. The summed E-state index contributed by atoms with van der Waals surface area (Å²) in [6.07, 6.45) is 1.16. The van der Waals surface area contributed by atoms with Crippen LogP contribution in [0.4, 0.5) is 0 Å². The Labute approximate surface area is 41.9 Å². The Morgan fingerprint density at radius 1 is 1.71 bits per heavy atom. The molecule has 1 heterocycles. The Hall–Kier alpha value is -0.530. The minimum absolute atomic E-state index is 0.282. The lowest BCUT2D eigenvalue weighted by atomic mass is 10.4. The number of amides is 1.